The van der Waals surface area contributed by atoms with Crippen molar-refractivity contribution in [2.45, 2.75) is 12.8 Å². The van der Waals surface area contributed by atoms with Crippen LogP contribution in [-0.4, -0.2) is 17.4 Å². The van der Waals surface area contributed by atoms with Crippen molar-refractivity contribution in [3.05, 3.63) is 64.7 Å². The lowest BCUT2D eigenvalue weighted by Crippen LogP contribution is -2.18. The second kappa shape index (κ2) is 6.88. The van der Waals surface area contributed by atoms with Crippen LogP contribution >= 0.6 is 11.6 Å². The molecule has 2 N–H and O–H groups in total. The average molecular weight is 328 g/mol. The minimum absolute atomic E-state index is 0.00837. The van der Waals surface area contributed by atoms with Crippen LogP contribution in [0.15, 0.2) is 54.1 Å². The van der Waals surface area contributed by atoms with Crippen LogP contribution in [-0.2, 0) is 4.79 Å². The van der Waals surface area contributed by atoms with Gasteiger partial charge in [-0.05, 0) is 66.5 Å². The maximum atomic E-state index is 12.5. The fourth-order valence-corrected chi connectivity index (χ4v) is 2.89. The van der Waals surface area contributed by atoms with Crippen molar-refractivity contribution in [2.75, 3.05) is 11.9 Å². The Hall–Kier alpha value is -2.26. The summed E-state index contributed by atoms with van der Waals surface area (Å²) in [5.74, 6) is 0.448. The molecule has 0 radical (unpaired) electrons. The number of anilines is 1. The number of carbonyl (C=O) groups is 1. The van der Waals surface area contributed by atoms with Gasteiger partial charge in [0, 0.05) is 23.2 Å². The summed E-state index contributed by atoms with van der Waals surface area (Å²) < 4.78 is 0. The smallest absolute Gasteiger partial charge is 0.163 e. The van der Waals surface area contributed by atoms with Crippen molar-refractivity contribution in [1.29, 1.82) is 0 Å². The Kier molecular flexibility index (Phi) is 4.68. The van der Waals surface area contributed by atoms with Gasteiger partial charge in [-0.15, -0.1) is 0 Å². The quantitative estimate of drug-likeness (QED) is 0.812. The molecule has 2 aromatic carbocycles. The van der Waals surface area contributed by atoms with Gasteiger partial charge < -0.3 is 10.4 Å². The van der Waals surface area contributed by atoms with Crippen molar-refractivity contribution in [2.24, 2.45) is 5.92 Å². The number of halogens is 1. The first-order valence-corrected chi connectivity index (χ1v) is 8.03. The topological polar surface area (TPSA) is 49.3 Å². The van der Waals surface area contributed by atoms with Crippen LogP contribution in [0, 0.1) is 5.92 Å². The molecule has 4 heteroatoms. The summed E-state index contributed by atoms with van der Waals surface area (Å²) in [6.07, 6.45) is 3.58. The van der Waals surface area contributed by atoms with Crippen LogP contribution in [0.25, 0.3) is 6.08 Å². The van der Waals surface area contributed by atoms with E-state index in [0.717, 1.165) is 29.7 Å². The van der Waals surface area contributed by atoms with Crippen LogP contribution in [0.5, 0.6) is 5.75 Å². The molecule has 1 aliphatic carbocycles. The van der Waals surface area contributed by atoms with E-state index in [0.29, 0.717) is 11.6 Å². The van der Waals surface area contributed by atoms with E-state index in [1.54, 1.807) is 12.1 Å². The van der Waals surface area contributed by atoms with E-state index in [9.17, 15) is 9.90 Å². The van der Waals surface area contributed by atoms with Crippen LogP contribution in [0.1, 0.15) is 18.4 Å². The Bertz CT molecular complexity index is 720. The lowest BCUT2D eigenvalue weighted by atomic mass is 10.0. The highest BCUT2D eigenvalue weighted by molar-refractivity contribution is 6.30. The fraction of sp³-hybridized carbons (Fsp3) is 0.211. The molecule has 1 fully saturated rings. The molecule has 0 spiro atoms. The SMILES string of the molecule is O=C1/C(=C/c2ccc(O)cc2)CC[C@H]1CNc1ccc(Cl)cc1. The van der Waals surface area contributed by atoms with E-state index in [1.165, 1.54) is 0 Å². The first kappa shape index (κ1) is 15.6. The highest BCUT2D eigenvalue weighted by atomic mass is 35.5. The van der Waals surface area contributed by atoms with Crippen LogP contribution < -0.4 is 5.32 Å². The van der Waals surface area contributed by atoms with Gasteiger partial charge in [0.05, 0.1) is 0 Å². The third-order valence-electron chi connectivity index (χ3n) is 4.08. The van der Waals surface area contributed by atoms with E-state index < -0.39 is 0 Å². The summed E-state index contributed by atoms with van der Waals surface area (Å²) in [5, 5.41) is 13.3. The zero-order valence-electron chi connectivity index (χ0n) is 12.6. The maximum absolute atomic E-state index is 12.5. The summed E-state index contributed by atoms with van der Waals surface area (Å²) in [4.78, 5) is 12.5. The lowest BCUT2D eigenvalue weighted by molar-refractivity contribution is -0.117. The van der Waals surface area contributed by atoms with Crippen molar-refractivity contribution >= 4 is 29.1 Å². The molecule has 0 unspecified atom stereocenters. The van der Waals surface area contributed by atoms with E-state index in [2.05, 4.69) is 5.32 Å². The van der Waals surface area contributed by atoms with E-state index in [1.807, 2.05) is 42.5 Å². The largest absolute Gasteiger partial charge is 0.508 e. The maximum Gasteiger partial charge on any atom is 0.163 e. The van der Waals surface area contributed by atoms with Gasteiger partial charge >= 0.3 is 0 Å². The highest BCUT2D eigenvalue weighted by Crippen LogP contribution is 2.29. The van der Waals surface area contributed by atoms with E-state index in [-0.39, 0.29) is 17.5 Å². The Morgan fingerprint density at radius 1 is 1.13 bits per heavy atom. The van der Waals surface area contributed by atoms with Gasteiger partial charge in [0.1, 0.15) is 5.75 Å². The number of carbonyl (C=O) groups excluding carboxylic acids is 1. The molecule has 0 saturated heterocycles. The first-order chi connectivity index (χ1) is 11.1. The number of hydrogen-bond acceptors (Lipinski definition) is 3. The lowest BCUT2D eigenvalue weighted by Gasteiger charge is -2.10. The normalized spacial score (nSPS) is 19.3. The molecule has 1 aliphatic rings. The number of phenolic OH excluding ortho intramolecular Hbond substituents is 1. The molecule has 0 aliphatic heterocycles. The molecule has 2 aromatic rings. The van der Waals surface area contributed by atoms with Gasteiger partial charge in [-0.3, -0.25) is 4.79 Å². The molecule has 23 heavy (non-hydrogen) atoms. The summed E-state index contributed by atoms with van der Waals surface area (Å²) >= 11 is 5.86. The molecular formula is C19H18ClNO2. The van der Waals surface area contributed by atoms with Gasteiger partial charge in [0.25, 0.3) is 0 Å². The summed E-state index contributed by atoms with van der Waals surface area (Å²) in [6, 6.07) is 14.4. The van der Waals surface area contributed by atoms with Gasteiger partial charge in [0.2, 0.25) is 0 Å². The van der Waals surface area contributed by atoms with Crippen molar-refractivity contribution < 1.29 is 9.90 Å². The number of benzene rings is 2. The van der Waals surface area contributed by atoms with Crippen molar-refractivity contribution in [1.82, 2.24) is 0 Å². The second-order valence-corrected chi connectivity index (χ2v) is 6.19. The number of rotatable bonds is 4. The number of aromatic hydroxyl groups is 1. The molecular weight excluding hydrogens is 310 g/mol. The summed E-state index contributed by atoms with van der Waals surface area (Å²) in [6.45, 7) is 0.632. The first-order valence-electron chi connectivity index (χ1n) is 7.65. The minimum atomic E-state index is 0.00837. The molecule has 1 saturated carbocycles. The predicted molar refractivity (Wildman–Crippen MR) is 93.8 cm³/mol. The molecule has 3 rings (SSSR count). The Morgan fingerprint density at radius 3 is 2.52 bits per heavy atom. The number of ketones is 1. The molecule has 3 nitrogen and oxygen atoms in total. The monoisotopic (exact) mass is 327 g/mol. The van der Waals surface area contributed by atoms with Crippen LogP contribution in [0.4, 0.5) is 5.69 Å². The highest BCUT2D eigenvalue weighted by Gasteiger charge is 2.28. The zero-order valence-corrected chi connectivity index (χ0v) is 13.4. The number of phenols is 1. The van der Waals surface area contributed by atoms with Crippen molar-refractivity contribution in [3.63, 3.8) is 0 Å². The fourth-order valence-electron chi connectivity index (χ4n) is 2.76. The summed E-state index contributed by atoms with van der Waals surface area (Å²) in [7, 11) is 0. The Morgan fingerprint density at radius 2 is 1.83 bits per heavy atom. The Labute approximate surface area is 140 Å². The molecule has 0 heterocycles. The number of nitrogens with one attached hydrogen (secondary N) is 1. The van der Waals surface area contributed by atoms with Gasteiger partial charge in [0.15, 0.2) is 5.78 Å². The number of hydrogen-bond donors (Lipinski definition) is 2. The molecule has 0 aromatic heterocycles. The van der Waals surface area contributed by atoms with Crippen LogP contribution in [0.3, 0.4) is 0 Å². The standard InChI is InChI=1S/C19H18ClNO2/c20-16-5-7-17(8-6-16)21-12-15-4-3-14(19(15)23)11-13-1-9-18(22)10-2-13/h1-2,5-11,15,21-22H,3-4,12H2/b14-11+/t15-/m0/s1. The number of allylic oxidation sites excluding steroid dienone is 1. The molecule has 0 bridgehead atoms. The second-order valence-electron chi connectivity index (χ2n) is 5.75. The van der Waals surface area contributed by atoms with Crippen LogP contribution in [0.2, 0.25) is 5.02 Å². The minimum Gasteiger partial charge on any atom is -0.508 e. The number of Topliss-reactive ketones (excluding diaryl/α,β-unsaturated/α-hetero) is 1. The summed E-state index contributed by atoms with van der Waals surface area (Å²) in [5.41, 5.74) is 2.77. The predicted octanol–water partition coefficient (Wildman–Crippen LogP) is 4.52. The van der Waals surface area contributed by atoms with Gasteiger partial charge in [-0.1, -0.05) is 23.7 Å². The van der Waals surface area contributed by atoms with Gasteiger partial charge in [-0.25, -0.2) is 0 Å². The third kappa shape index (κ3) is 3.93. The van der Waals surface area contributed by atoms with Crippen molar-refractivity contribution in [3.8, 4) is 5.75 Å². The molecule has 0 amide bonds. The van der Waals surface area contributed by atoms with Gasteiger partial charge in [-0.2, -0.15) is 0 Å². The molecule has 1 atom stereocenters. The van der Waals surface area contributed by atoms with E-state index in [4.69, 9.17) is 11.6 Å². The third-order valence-corrected chi connectivity index (χ3v) is 4.33. The van der Waals surface area contributed by atoms with E-state index >= 15 is 0 Å². The Balaban J connectivity index is 1.62. The zero-order chi connectivity index (χ0) is 16.2. The molecule has 118 valence electrons. The average Bonchev–Trinajstić information content (AvgIpc) is 2.90.